The third-order valence-electron chi connectivity index (χ3n) is 3.47. The van der Waals surface area contributed by atoms with Crippen LogP contribution in [0.4, 0.5) is 0 Å². The van der Waals surface area contributed by atoms with Crippen molar-refractivity contribution in [1.82, 2.24) is 20.4 Å². The average Bonchev–Trinajstić information content (AvgIpc) is 2.89. The Kier molecular flexibility index (Phi) is 5.47. The molecule has 0 amide bonds. The molecule has 0 aromatic carbocycles. The zero-order valence-corrected chi connectivity index (χ0v) is 14.4. The lowest BCUT2D eigenvalue weighted by molar-refractivity contribution is 0.281. The standard InChI is InChI=1S/C15H21BrN4O/c1-5-17-10(4)13(9(2)3)15-19-14(20-21-15)12-7-6-11(16)8-18-12/h6-10,13,17H,5H2,1-4H3. The smallest absolute Gasteiger partial charge is 0.231 e. The highest BCUT2D eigenvalue weighted by Gasteiger charge is 2.28. The molecule has 2 aromatic rings. The minimum absolute atomic E-state index is 0.182. The number of pyridine rings is 1. The van der Waals surface area contributed by atoms with Crippen LogP contribution in [-0.2, 0) is 0 Å². The zero-order valence-electron chi connectivity index (χ0n) is 12.8. The van der Waals surface area contributed by atoms with Gasteiger partial charge in [0.25, 0.3) is 0 Å². The zero-order chi connectivity index (χ0) is 15.4. The van der Waals surface area contributed by atoms with Crippen LogP contribution < -0.4 is 5.32 Å². The first kappa shape index (κ1) is 16.1. The predicted molar refractivity (Wildman–Crippen MR) is 85.9 cm³/mol. The van der Waals surface area contributed by atoms with Gasteiger partial charge in [-0.3, -0.25) is 4.98 Å². The molecule has 0 radical (unpaired) electrons. The summed E-state index contributed by atoms with van der Waals surface area (Å²) in [4.78, 5) is 8.84. The van der Waals surface area contributed by atoms with E-state index in [4.69, 9.17) is 4.52 Å². The summed E-state index contributed by atoms with van der Waals surface area (Å²) in [5, 5.41) is 7.50. The van der Waals surface area contributed by atoms with Crippen LogP contribution >= 0.6 is 15.9 Å². The van der Waals surface area contributed by atoms with Gasteiger partial charge in [0.2, 0.25) is 11.7 Å². The summed E-state index contributed by atoms with van der Waals surface area (Å²) in [6.07, 6.45) is 1.73. The van der Waals surface area contributed by atoms with Crippen molar-refractivity contribution in [2.24, 2.45) is 5.92 Å². The maximum absolute atomic E-state index is 5.49. The molecule has 0 fully saturated rings. The van der Waals surface area contributed by atoms with Crippen LogP contribution in [0.3, 0.4) is 0 Å². The minimum atomic E-state index is 0.182. The second kappa shape index (κ2) is 7.13. The van der Waals surface area contributed by atoms with E-state index in [-0.39, 0.29) is 12.0 Å². The molecular formula is C15H21BrN4O. The number of nitrogens with zero attached hydrogens (tertiary/aromatic N) is 3. The van der Waals surface area contributed by atoms with Gasteiger partial charge >= 0.3 is 0 Å². The molecule has 5 nitrogen and oxygen atoms in total. The van der Waals surface area contributed by atoms with Gasteiger partial charge in [0.1, 0.15) is 5.69 Å². The molecule has 0 saturated heterocycles. The van der Waals surface area contributed by atoms with Gasteiger partial charge in [-0.2, -0.15) is 4.98 Å². The summed E-state index contributed by atoms with van der Waals surface area (Å²) in [7, 11) is 0. The summed E-state index contributed by atoms with van der Waals surface area (Å²) in [6, 6.07) is 4.07. The molecule has 114 valence electrons. The van der Waals surface area contributed by atoms with Crippen molar-refractivity contribution >= 4 is 15.9 Å². The van der Waals surface area contributed by atoms with E-state index >= 15 is 0 Å². The van der Waals surface area contributed by atoms with Crippen LogP contribution in [0.25, 0.3) is 11.5 Å². The third kappa shape index (κ3) is 3.89. The number of likely N-dealkylation sites (N-methyl/N-ethyl adjacent to an activating group) is 1. The summed E-state index contributed by atoms with van der Waals surface area (Å²) in [5.41, 5.74) is 0.715. The largest absolute Gasteiger partial charge is 0.339 e. The molecule has 2 aromatic heterocycles. The van der Waals surface area contributed by atoms with Crippen molar-refractivity contribution in [3.8, 4) is 11.5 Å². The van der Waals surface area contributed by atoms with Gasteiger partial charge in [0.05, 0.1) is 5.92 Å². The molecular weight excluding hydrogens is 332 g/mol. The Bertz CT molecular complexity index is 567. The molecule has 2 atom stereocenters. The first-order valence-electron chi connectivity index (χ1n) is 7.21. The Morgan fingerprint density at radius 2 is 2.05 bits per heavy atom. The third-order valence-corrected chi connectivity index (χ3v) is 3.94. The molecule has 6 heteroatoms. The fraction of sp³-hybridized carbons (Fsp3) is 0.533. The average molecular weight is 353 g/mol. The van der Waals surface area contributed by atoms with E-state index in [9.17, 15) is 0 Å². The van der Waals surface area contributed by atoms with Gasteiger partial charge in [-0.15, -0.1) is 0 Å². The molecule has 0 aliphatic rings. The molecule has 0 bridgehead atoms. The van der Waals surface area contributed by atoms with Crippen molar-refractivity contribution in [3.05, 3.63) is 28.7 Å². The molecule has 1 N–H and O–H groups in total. The molecule has 0 aliphatic heterocycles. The minimum Gasteiger partial charge on any atom is -0.339 e. The second-order valence-corrected chi connectivity index (χ2v) is 6.35. The van der Waals surface area contributed by atoms with Crippen LogP contribution in [0.5, 0.6) is 0 Å². The highest BCUT2D eigenvalue weighted by molar-refractivity contribution is 9.10. The first-order chi connectivity index (χ1) is 10.0. The molecule has 0 aliphatic carbocycles. The normalized spacial score (nSPS) is 14.4. The fourth-order valence-electron chi connectivity index (χ4n) is 2.51. The Balaban J connectivity index is 2.26. The Hall–Kier alpha value is -1.27. The van der Waals surface area contributed by atoms with Crippen LogP contribution in [0.2, 0.25) is 0 Å². The number of halogens is 1. The van der Waals surface area contributed by atoms with Gasteiger partial charge < -0.3 is 9.84 Å². The number of nitrogens with one attached hydrogen (secondary N) is 1. The summed E-state index contributed by atoms with van der Waals surface area (Å²) in [6.45, 7) is 9.50. The lowest BCUT2D eigenvalue weighted by atomic mass is 9.89. The van der Waals surface area contributed by atoms with Crippen LogP contribution in [0.1, 0.15) is 39.5 Å². The SMILES string of the molecule is CCNC(C)C(c1nc(-c2ccc(Br)cn2)no1)C(C)C. The molecule has 2 rings (SSSR count). The summed E-state index contributed by atoms with van der Waals surface area (Å²) in [5.74, 6) is 1.79. The molecule has 0 spiro atoms. The Morgan fingerprint density at radius 1 is 1.29 bits per heavy atom. The number of aromatic nitrogens is 3. The van der Waals surface area contributed by atoms with E-state index in [2.05, 4.69) is 64.1 Å². The van der Waals surface area contributed by atoms with Crippen LogP contribution in [0.15, 0.2) is 27.3 Å². The van der Waals surface area contributed by atoms with Crippen LogP contribution in [-0.4, -0.2) is 27.7 Å². The highest BCUT2D eigenvalue weighted by atomic mass is 79.9. The van der Waals surface area contributed by atoms with Gasteiger partial charge in [0, 0.05) is 16.7 Å². The van der Waals surface area contributed by atoms with Crippen molar-refractivity contribution < 1.29 is 4.52 Å². The monoisotopic (exact) mass is 352 g/mol. The van der Waals surface area contributed by atoms with Crippen LogP contribution in [0, 0.1) is 5.92 Å². The molecule has 21 heavy (non-hydrogen) atoms. The summed E-state index contributed by atoms with van der Waals surface area (Å²) >= 11 is 3.37. The maximum atomic E-state index is 5.49. The van der Waals surface area contributed by atoms with Gasteiger partial charge in [-0.25, -0.2) is 0 Å². The van der Waals surface area contributed by atoms with Gasteiger partial charge in [-0.05, 0) is 47.4 Å². The van der Waals surface area contributed by atoms with Crippen molar-refractivity contribution in [2.75, 3.05) is 6.54 Å². The second-order valence-electron chi connectivity index (χ2n) is 5.43. The first-order valence-corrected chi connectivity index (χ1v) is 8.01. The van der Waals surface area contributed by atoms with Crippen molar-refractivity contribution in [1.29, 1.82) is 0 Å². The van der Waals surface area contributed by atoms with E-state index in [1.54, 1.807) is 6.20 Å². The Morgan fingerprint density at radius 3 is 2.62 bits per heavy atom. The van der Waals surface area contributed by atoms with E-state index < -0.39 is 0 Å². The molecule has 2 heterocycles. The van der Waals surface area contributed by atoms with Crippen molar-refractivity contribution in [2.45, 2.75) is 39.7 Å². The highest BCUT2D eigenvalue weighted by Crippen LogP contribution is 2.28. The number of hydrogen-bond acceptors (Lipinski definition) is 5. The number of hydrogen-bond donors (Lipinski definition) is 1. The van der Waals surface area contributed by atoms with Gasteiger partial charge in [0.15, 0.2) is 0 Å². The van der Waals surface area contributed by atoms with E-state index in [1.807, 2.05) is 12.1 Å². The lowest BCUT2D eigenvalue weighted by Gasteiger charge is -2.24. The number of rotatable bonds is 6. The molecule has 2 unspecified atom stereocenters. The lowest BCUT2D eigenvalue weighted by Crippen LogP contribution is -2.34. The van der Waals surface area contributed by atoms with Crippen molar-refractivity contribution in [3.63, 3.8) is 0 Å². The van der Waals surface area contributed by atoms with E-state index in [1.165, 1.54) is 0 Å². The van der Waals surface area contributed by atoms with E-state index in [0.717, 1.165) is 11.0 Å². The quantitative estimate of drug-likeness (QED) is 0.859. The van der Waals surface area contributed by atoms with E-state index in [0.29, 0.717) is 23.3 Å². The summed E-state index contributed by atoms with van der Waals surface area (Å²) < 4.78 is 6.41. The fourth-order valence-corrected chi connectivity index (χ4v) is 2.74. The van der Waals surface area contributed by atoms with Gasteiger partial charge in [-0.1, -0.05) is 25.9 Å². The predicted octanol–water partition coefficient (Wildman–Crippen LogP) is 3.63. The Labute approximate surface area is 133 Å². The topological polar surface area (TPSA) is 63.8 Å². The maximum Gasteiger partial charge on any atom is 0.231 e. The molecule has 0 saturated carbocycles.